The van der Waals surface area contributed by atoms with Crippen LogP contribution in [0.5, 0.6) is 5.75 Å². The summed E-state index contributed by atoms with van der Waals surface area (Å²) in [6, 6.07) is 7.91. The fraction of sp³-hybridized carbons (Fsp3) is 0.429. The van der Waals surface area contributed by atoms with Gasteiger partial charge in [-0.05, 0) is 30.5 Å². The first-order chi connectivity index (χ1) is 7.72. The van der Waals surface area contributed by atoms with Crippen molar-refractivity contribution in [3.8, 4) is 5.75 Å². The van der Waals surface area contributed by atoms with Crippen molar-refractivity contribution < 1.29 is 9.47 Å². The number of hydrogen-bond donors (Lipinski definition) is 0. The van der Waals surface area contributed by atoms with E-state index in [2.05, 4.69) is 6.58 Å². The minimum atomic E-state index is -0.460. The van der Waals surface area contributed by atoms with Gasteiger partial charge in [-0.25, -0.2) is 0 Å². The summed E-state index contributed by atoms with van der Waals surface area (Å²) < 4.78 is 11.6. The van der Waals surface area contributed by atoms with Crippen LogP contribution in [0.25, 0.3) is 6.08 Å². The lowest BCUT2D eigenvalue weighted by Crippen LogP contribution is -2.38. The van der Waals surface area contributed by atoms with E-state index >= 15 is 0 Å². The van der Waals surface area contributed by atoms with Crippen molar-refractivity contribution in [1.29, 1.82) is 0 Å². The third kappa shape index (κ3) is 2.64. The summed E-state index contributed by atoms with van der Waals surface area (Å²) in [5, 5.41) is 0. The second-order valence-electron chi connectivity index (χ2n) is 4.32. The van der Waals surface area contributed by atoms with Crippen molar-refractivity contribution in [2.75, 3.05) is 6.61 Å². The molecule has 1 aliphatic rings. The van der Waals surface area contributed by atoms with E-state index in [1.165, 1.54) is 0 Å². The molecule has 1 heterocycles. The first-order valence-electron chi connectivity index (χ1n) is 5.77. The van der Waals surface area contributed by atoms with Crippen LogP contribution in [0.1, 0.15) is 31.7 Å². The molecule has 0 amide bonds. The van der Waals surface area contributed by atoms with Gasteiger partial charge in [0.15, 0.2) is 0 Å². The maximum absolute atomic E-state index is 5.92. The van der Waals surface area contributed by atoms with E-state index in [4.69, 9.17) is 9.47 Å². The summed E-state index contributed by atoms with van der Waals surface area (Å²) in [7, 11) is 0. The molecule has 1 fully saturated rings. The van der Waals surface area contributed by atoms with Gasteiger partial charge < -0.3 is 9.47 Å². The summed E-state index contributed by atoms with van der Waals surface area (Å²) in [4.78, 5) is 0. The number of benzene rings is 1. The van der Waals surface area contributed by atoms with Crippen LogP contribution >= 0.6 is 0 Å². The predicted octanol–water partition coefficient (Wildman–Crippen LogP) is 3.63. The van der Waals surface area contributed by atoms with Crippen LogP contribution in [0.4, 0.5) is 0 Å². The highest BCUT2D eigenvalue weighted by Gasteiger charge is 2.29. The SMILES string of the molecule is C=Cc1cccc(OC2(C)CCCCO2)c1. The highest BCUT2D eigenvalue weighted by Crippen LogP contribution is 2.28. The van der Waals surface area contributed by atoms with Crippen molar-refractivity contribution >= 4 is 6.08 Å². The highest BCUT2D eigenvalue weighted by molar-refractivity contribution is 5.49. The van der Waals surface area contributed by atoms with Crippen LogP contribution in [-0.2, 0) is 4.74 Å². The summed E-state index contributed by atoms with van der Waals surface area (Å²) in [5.74, 6) is 0.389. The van der Waals surface area contributed by atoms with Gasteiger partial charge in [0.2, 0.25) is 5.79 Å². The van der Waals surface area contributed by atoms with E-state index < -0.39 is 5.79 Å². The lowest BCUT2D eigenvalue weighted by atomic mass is 10.1. The van der Waals surface area contributed by atoms with Crippen LogP contribution < -0.4 is 4.74 Å². The molecule has 0 spiro atoms. The molecule has 1 aliphatic heterocycles. The third-order valence-electron chi connectivity index (χ3n) is 2.86. The zero-order valence-electron chi connectivity index (χ0n) is 9.74. The van der Waals surface area contributed by atoms with Gasteiger partial charge in [0.05, 0.1) is 6.61 Å². The van der Waals surface area contributed by atoms with Gasteiger partial charge in [0, 0.05) is 13.3 Å². The molecule has 1 aromatic rings. The van der Waals surface area contributed by atoms with Crippen LogP contribution in [0, 0.1) is 0 Å². The van der Waals surface area contributed by atoms with Crippen molar-refractivity contribution in [3.63, 3.8) is 0 Å². The first kappa shape index (κ1) is 11.2. The largest absolute Gasteiger partial charge is 0.463 e. The van der Waals surface area contributed by atoms with Gasteiger partial charge >= 0.3 is 0 Å². The second-order valence-corrected chi connectivity index (χ2v) is 4.32. The topological polar surface area (TPSA) is 18.5 Å². The maximum atomic E-state index is 5.92. The van der Waals surface area contributed by atoms with Crippen LogP contribution in [0.3, 0.4) is 0 Å². The van der Waals surface area contributed by atoms with Crippen molar-refractivity contribution in [1.82, 2.24) is 0 Å². The lowest BCUT2D eigenvalue weighted by molar-refractivity contribution is -0.192. The Morgan fingerprint density at radius 1 is 1.44 bits per heavy atom. The maximum Gasteiger partial charge on any atom is 0.207 e. The number of ether oxygens (including phenoxy) is 2. The van der Waals surface area contributed by atoms with Gasteiger partial charge in [-0.1, -0.05) is 24.8 Å². The summed E-state index contributed by atoms with van der Waals surface area (Å²) >= 11 is 0. The first-order valence-corrected chi connectivity index (χ1v) is 5.77. The monoisotopic (exact) mass is 218 g/mol. The van der Waals surface area contributed by atoms with E-state index in [1.807, 2.05) is 37.3 Å². The van der Waals surface area contributed by atoms with Gasteiger partial charge in [0.25, 0.3) is 0 Å². The van der Waals surface area contributed by atoms with E-state index in [9.17, 15) is 0 Å². The molecule has 0 N–H and O–H groups in total. The average molecular weight is 218 g/mol. The number of hydrogen-bond acceptors (Lipinski definition) is 2. The Hall–Kier alpha value is -1.28. The molecule has 1 saturated heterocycles. The van der Waals surface area contributed by atoms with Crippen LogP contribution in [0.15, 0.2) is 30.8 Å². The van der Waals surface area contributed by atoms with E-state index in [0.29, 0.717) is 0 Å². The molecule has 0 radical (unpaired) electrons. The molecule has 86 valence electrons. The Balaban J connectivity index is 2.09. The molecule has 2 nitrogen and oxygen atoms in total. The molecule has 0 aromatic heterocycles. The van der Waals surface area contributed by atoms with E-state index in [1.54, 1.807) is 0 Å². The summed E-state index contributed by atoms with van der Waals surface area (Å²) in [5.41, 5.74) is 1.07. The van der Waals surface area contributed by atoms with Gasteiger partial charge in [0.1, 0.15) is 5.75 Å². The molecule has 1 unspecified atom stereocenters. The van der Waals surface area contributed by atoms with Crippen molar-refractivity contribution in [2.24, 2.45) is 0 Å². The molecule has 0 aliphatic carbocycles. The zero-order valence-corrected chi connectivity index (χ0v) is 9.74. The van der Waals surface area contributed by atoms with Gasteiger partial charge in [-0.3, -0.25) is 0 Å². The normalized spacial score (nSPS) is 25.1. The van der Waals surface area contributed by atoms with Crippen LogP contribution in [-0.4, -0.2) is 12.4 Å². The fourth-order valence-electron chi connectivity index (χ4n) is 1.94. The Labute approximate surface area is 96.9 Å². The second kappa shape index (κ2) is 4.71. The molecule has 1 atom stereocenters. The average Bonchev–Trinajstić information content (AvgIpc) is 2.29. The Morgan fingerprint density at radius 3 is 3.00 bits per heavy atom. The molecular weight excluding hydrogens is 200 g/mol. The molecular formula is C14H18O2. The standard InChI is InChI=1S/C14H18O2/c1-3-12-7-6-8-13(11-12)16-14(2)9-4-5-10-15-14/h3,6-8,11H,1,4-5,9-10H2,2H3. The van der Waals surface area contributed by atoms with Gasteiger partial charge in [-0.15, -0.1) is 0 Å². The minimum absolute atomic E-state index is 0.460. The van der Waals surface area contributed by atoms with E-state index in [0.717, 1.165) is 37.2 Å². The van der Waals surface area contributed by atoms with Crippen molar-refractivity contribution in [3.05, 3.63) is 36.4 Å². The lowest BCUT2D eigenvalue weighted by Gasteiger charge is -2.34. The highest BCUT2D eigenvalue weighted by atomic mass is 16.7. The Bertz CT molecular complexity index is 365. The molecule has 2 rings (SSSR count). The molecule has 0 bridgehead atoms. The van der Waals surface area contributed by atoms with E-state index in [-0.39, 0.29) is 0 Å². The van der Waals surface area contributed by atoms with Gasteiger partial charge in [-0.2, -0.15) is 0 Å². The van der Waals surface area contributed by atoms with Crippen LogP contribution in [0.2, 0.25) is 0 Å². The Morgan fingerprint density at radius 2 is 2.31 bits per heavy atom. The molecule has 0 saturated carbocycles. The summed E-state index contributed by atoms with van der Waals surface area (Å²) in [6.45, 7) is 6.55. The smallest absolute Gasteiger partial charge is 0.207 e. The zero-order chi connectivity index (χ0) is 11.4. The quantitative estimate of drug-likeness (QED) is 0.771. The molecule has 16 heavy (non-hydrogen) atoms. The minimum Gasteiger partial charge on any atom is -0.463 e. The number of rotatable bonds is 3. The molecule has 2 heteroatoms. The fourth-order valence-corrected chi connectivity index (χ4v) is 1.94. The molecule has 1 aromatic carbocycles. The third-order valence-corrected chi connectivity index (χ3v) is 2.86. The van der Waals surface area contributed by atoms with Crippen molar-refractivity contribution in [2.45, 2.75) is 32.0 Å². The summed E-state index contributed by atoms with van der Waals surface area (Å²) in [6.07, 6.45) is 5.06. The Kier molecular flexibility index (Phi) is 3.30. The predicted molar refractivity (Wildman–Crippen MR) is 65.4 cm³/mol.